The Morgan fingerprint density at radius 3 is 2.74 bits per heavy atom. The number of H-pyrrole nitrogens is 1. The first-order valence-corrected chi connectivity index (χ1v) is 11.1. The molecule has 0 saturated carbocycles. The van der Waals surface area contributed by atoms with Crippen molar-refractivity contribution in [2.24, 2.45) is 0 Å². The number of rotatable bonds is 7. The largest absolute Gasteiger partial charge is 0.494 e. The van der Waals surface area contributed by atoms with Gasteiger partial charge in [0.1, 0.15) is 22.8 Å². The van der Waals surface area contributed by atoms with Crippen LogP contribution in [-0.2, 0) is 16.0 Å². The number of fused-ring (bicyclic) bond motifs is 1. The predicted octanol–water partition coefficient (Wildman–Crippen LogP) is 1.08. The Balaban J connectivity index is 1.32. The molecular formula is C24H25N5O6. The van der Waals surface area contributed by atoms with Gasteiger partial charge in [0.05, 0.1) is 25.2 Å². The highest BCUT2D eigenvalue weighted by atomic mass is 16.5. The fourth-order valence-electron chi connectivity index (χ4n) is 3.98. The van der Waals surface area contributed by atoms with Crippen LogP contribution in [0.3, 0.4) is 0 Å². The minimum atomic E-state index is -0.531. The molecule has 0 aliphatic carbocycles. The molecule has 0 radical (unpaired) electrons. The van der Waals surface area contributed by atoms with Crippen LogP contribution in [0.5, 0.6) is 5.75 Å². The molecule has 2 N–H and O–H groups in total. The van der Waals surface area contributed by atoms with Crippen LogP contribution in [0, 0.1) is 0 Å². The van der Waals surface area contributed by atoms with Gasteiger partial charge in [0.25, 0.3) is 11.5 Å². The van der Waals surface area contributed by atoms with E-state index in [9.17, 15) is 19.2 Å². The number of para-hydroxylation sites is 1. The Morgan fingerprint density at radius 1 is 1.20 bits per heavy atom. The number of hydrogen-bond donors (Lipinski definition) is 2. The van der Waals surface area contributed by atoms with E-state index in [1.54, 1.807) is 23.1 Å². The number of carbonyl (C=O) groups excluding carboxylic acids is 3. The number of aromatic amines is 1. The standard InChI is InChI=1S/C24H25N5O6/c1-34-18-5-3-4-16-21(18)27-19(28-22(16)31)8-9-20(30)29-11-10-15(13-29)26-23(32)17-7-6-14(12-25-17)24(33)35-2/h3-7,12,15H,8-11,13H2,1-2H3,(H,26,32)(H,27,28,31). The van der Waals surface area contributed by atoms with Gasteiger partial charge in [0.15, 0.2) is 0 Å². The highest BCUT2D eigenvalue weighted by molar-refractivity contribution is 5.94. The zero-order valence-electron chi connectivity index (χ0n) is 19.4. The van der Waals surface area contributed by atoms with E-state index in [1.165, 1.54) is 32.5 Å². The zero-order valence-corrected chi connectivity index (χ0v) is 19.4. The lowest BCUT2D eigenvalue weighted by atomic mass is 10.2. The maximum atomic E-state index is 12.7. The van der Waals surface area contributed by atoms with Crippen LogP contribution >= 0.6 is 0 Å². The number of methoxy groups -OCH3 is 2. The molecule has 4 rings (SSSR count). The number of carbonyl (C=O) groups is 3. The van der Waals surface area contributed by atoms with Gasteiger partial charge in [-0.25, -0.2) is 9.78 Å². The highest BCUT2D eigenvalue weighted by Crippen LogP contribution is 2.21. The normalized spacial score (nSPS) is 15.1. The number of pyridine rings is 1. The Hall–Kier alpha value is -4.28. The third-order valence-corrected chi connectivity index (χ3v) is 5.84. The summed E-state index contributed by atoms with van der Waals surface area (Å²) in [6.45, 7) is 0.883. The molecule has 2 aromatic heterocycles. The Kier molecular flexibility index (Phi) is 7.04. The number of hydrogen-bond acceptors (Lipinski definition) is 8. The summed E-state index contributed by atoms with van der Waals surface area (Å²) in [5.74, 6) is -0.103. The second kappa shape index (κ2) is 10.3. The van der Waals surface area contributed by atoms with Crippen molar-refractivity contribution >= 4 is 28.7 Å². The van der Waals surface area contributed by atoms with Crippen molar-refractivity contribution in [1.29, 1.82) is 0 Å². The van der Waals surface area contributed by atoms with Crippen LogP contribution in [0.4, 0.5) is 0 Å². The number of amides is 2. The van der Waals surface area contributed by atoms with Crippen molar-refractivity contribution < 1.29 is 23.9 Å². The molecule has 35 heavy (non-hydrogen) atoms. The van der Waals surface area contributed by atoms with Crippen molar-refractivity contribution in [2.45, 2.75) is 25.3 Å². The number of likely N-dealkylation sites (tertiary alicyclic amines) is 1. The van der Waals surface area contributed by atoms with Crippen molar-refractivity contribution in [1.82, 2.24) is 25.2 Å². The predicted molar refractivity (Wildman–Crippen MR) is 125 cm³/mol. The SMILES string of the molecule is COC(=O)c1ccc(C(=O)NC2CCN(C(=O)CCc3nc4c(OC)cccc4c(=O)[nH]3)C2)nc1. The van der Waals surface area contributed by atoms with Gasteiger partial charge in [-0.2, -0.15) is 0 Å². The minimum absolute atomic E-state index is 0.0925. The fraction of sp³-hybridized carbons (Fsp3) is 0.333. The molecule has 11 nitrogen and oxygen atoms in total. The number of aromatic nitrogens is 3. The third-order valence-electron chi connectivity index (χ3n) is 5.84. The van der Waals surface area contributed by atoms with Gasteiger partial charge < -0.3 is 24.7 Å². The summed E-state index contributed by atoms with van der Waals surface area (Å²) in [6.07, 6.45) is 2.33. The number of aryl methyl sites for hydroxylation is 1. The van der Waals surface area contributed by atoms with Gasteiger partial charge >= 0.3 is 5.97 Å². The maximum Gasteiger partial charge on any atom is 0.339 e. The van der Waals surface area contributed by atoms with Crippen LogP contribution in [0.15, 0.2) is 41.3 Å². The smallest absolute Gasteiger partial charge is 0.339 e. The molecule has 1 saturated heterocycles. The van der Waals surface area contributed by atoms with Crippen LogP contribution in [-0.4, -0.2) is 71.0 Å². The second-order valence-corrected chi connectivity index (χ2v) is 8.09. The summed E-state index contributed by atoms with van der Waals surface area (Å²) in [7, 11) is 2.78. The van der Waals surface area contributed by atoms with E-state index in [2.05, 4.69) is 25.0 Å². The van der Waals surface area contributed by atoms with Gasteiger partial charge in [0.2, 0.25) is 5.91 Å². The first-order valence-electron chi connectivity index (χ1n) is 11.1. The quantitative estimate of drug-likeness (QED) is 0.479. The van der Waals surface area contributed by atoms with E-state index in [-0.39, 0.29) is 47.5 Å². The Morgan fingerprint density at radius 2 is 2.03 bits per heavy atom. The number of benzene rings is 1. The van der Waals surface area contributed by atoms with Crippen molar-refractivity contribution in [3.05, 3.63) is 64.0 Å². The molecule has 182 valence electrons. The molecule has 3 aromatic rings. The second-order valence-electron chi connectivity index (χ2n) is 8.09. The van der Waals surface area contributed by atoms with Crippen LogP contribution in [0.25, 0.3) is 10.9 Å². The lowest BCUT2D eigenvalue weighted by molar-refractivity contribution is -0.130. The lowest BCUT2D eigenvalue weighted by Gasteiger charge is -2.17. The first-order chi connectivity index (χ1) is 16.9. The van der Waals surface area contributed by atoms with Crippen LogP contribution in [0.2, 0.25) is 0 Å². The molecule has 1 aromatic carbocycles. The summed E-state index contributed by atoms with van der Waals surface area (Å²) >= 11 is 0. The van der Waals surface area contributed by atoms with E-state index >= 15 is 0 Å². The topological polar surface area (TPSA) is 144 Å². The molecular weight excluding hydrogens is 454 g/mol. The molecule has 1 aliphatic rings. The van der Waals surface area contributed by atoms with Crippen molar-refractivity contribution in [3.63, 3.8) is 0 Å². The van der Waals surface area contributed by atoms with E-state index in [4.69, 9.17) is 4.74 Å². The Labute approximate surface area is 200 Å². The van der Waals surface area contributed by atoms with Crippen molar-refractivity contribution in [2.75, 3.05) is 27.3 Å². The minimum Gasteiger partial charge on any atom is -0.494 e. The molecule has 0 spiro atoms. The van der Waals surface area contributed by atoms with Gasteiger partial charge in [-0.15, -0.1) is 0 Å². The molecule has 2 amide bonds. The third kappa shape index (κ3) is 5.29. The average Bonchev–Trinajstić information content (AvgIpc) is 3.35. The molecule has 11 heteroatoms. The summed E-state index contributed by atoms with van der Waals surface area (Å²) in [5, 5.41) is 3.29. The van der Waals surface area contributed by atoms with Gasteiger partial charge in [0, 0.05) is 38.2 Å². The van der Waals surface area contributed by atoms with Gasteiger partial charge in [-0.1, -0.05) is 6.07 Å². The maximum absolute atomic E-state index is 12.7. The van der Waals surface area contributed by atoms with Crippen molar-refractivity contribution in [3.8, 4) is 5.75 Å². The molecule has 1 atom stereocenters. The van der Waals surface area contributed by atoms with E-state index < -0.39 is 5.97 Å². The summed E-state index contributed by atoms with van der Waals surface area (Å²) in [4.78, 5) is 62.0. The highest BCUT2D eigenvalue weighted by Gasteiger charge is 2.28. The number of nitrogens with zero attached hydrogens (tertiary/aromatic N) is 3. The summed E-state index contributed by atoms with van der Waals surface area (Å²) in [5.41, 5.74) is 0.596. The number of ether oxygens (including phenoxy) is 2. The molecule has 1 unspecified atom stereocenters. The fourth-order valence-corrected chi connectivity index (χ4v) is 3.98. The number of esters is 1. The first kappa shape index (κ1) is 23.9. The average molecular weight is 479 g/mol. The lowest BCUT2D eigenvalue weighted by Crippen LogP contribution is -2.38. The molecule has 0 bridgehead atoms. The van der Waals surface area contributed by atoms with E-state index in [1.807, 2.05) is 0 Å². The number of nitrogens with one attached hydrogen (secondary N) is 2. The van der Waals surface area contributed by atoms with Crippen LogP contribution < -0.4 is 15.6 Å². The van der Waals surface area contributed by atoms with Gasteiger partial charge in [-0.3, -0.25) is 19.4 Å². The van der Waals surface area contributed by atoms with Crippen LogP contribution in [0.1, 0.15) is 39.5 Å². The summed E-state index contributed by atoms with van der Waals surface area (Å²) in [6, 6.07) is 7.82. The van der Waals surface area contributed by atoms with E-state index in [0.717, 1.165) is 0 Å². The molecule has 1 fully saturated rings. The zero-order chi connectivity index (χ0) is 24.9. The Bertz CT molecular complexity index is 1320. The summed E-state index contributed by atoms with van der Waals surface area (Å²) < 4.78 is 9.91. The molecule has 1 aliphatic heterocycles. The monoisotopic (exact) mass is 479 g/mol. The van der Waals surface area contributed by atoms with E-state index in [0.29, 0.717) is 42.0 Å². The van der Waals surface area contributed by atoms with Gasteiger partial charge in [-0.05, 0) is 30.7 Å². The molecule has 3 heterocycles.